The van der Waals surface area contributed by atoms with Gasteiger partial charge < -0.3 is 15.5 Å². The molecule has 0 saturated carbocycles. The molecule has 1 amide bonds. The molecule has 0 unspecified atom stereocenters. The largest absolute Gasteiger partial charge is 0.355 e. The average molecular weight is 239 g/mol. The van der Waals surface area contributed by atoms with E-state index in [9.17, 15) is 4.79 Å². The molecule has 0 aromatic rings. The van der Waals surface area contributed by atoms with Crippen molar-refractivity contribution < 1.29 is 4.79 Å². The number of carbonyl (C=O) groups is 1. The minimum Gasteiger partial charge on any atom is -0.355 e. The van der Waals surface area contributed by atoms with Crippen LogP contribution in [0.1, 0.15) is 19.8 Å². The number of carbonyl (C=O) groups excluding carboxylic acids is 1. The third-order valence-electron chi connectivity index (χ3n) is 3.32. The van der Waals surface area contributed by atoms with Gasteiger partial charge >= 0.3 is 0 Å². The van der Waals surface area contributed by atoms with Gasteiger partial charge in [0.15, 0.2) is 0 Å². The molecular formula is C13H25N3O. The molecule has 0 spiro atoms. The van der Waals surface area contributed by atoms with Crippen LogP contribution in [0.5, 0.6) is 0 Å². The zero-order valence-corrected chi connectivity index (χ0v) is 10.9. The average Bonchev–Trinajstić information content (AvgIpc) is 2.37. The molecule has 0 bridgehead atoms. The monoisotopic (exact) mass is 239 g/mol. The summed E-state index contributed by atoms with van der Waals surface area (Å²) in [6.45, 7) is 11.2. The fourth-order valence-electron chi connectivity index (χ4n) is 2.12. The molecule has 0 aromatic carbocycles. The van der Waals surface area contributed by atoms with Gasteiger partial charge in [0.05, 0.1) is 6.54 Å². The Balaban J connectivity index is 2.06. The van der Waals surface area contributed by atoms with Crippen LogP contribution in [-0.4, -0.2) is 50.1 Å². The van der Waals surface area contributed by atoms with E-state index in [2.05, 4.69) is 29.0 Å². The molecule has 1 heterocycles. The predicted molar refractivity (Wildman–Crippen MR) is 70.9 cm³/mol. The molecule has 1 aliphatic heterocycles. The highest BCUT2D eigenvalue weighted by Gasteiger charge is 2.18. The zero-order chi connectivity index (χ0) is 12.5. The number of nitrogens with zero attached hydrogens (tertiary/aromatic N) is 1. The first kappa shape index (κ1) is 14.2. The van der Waals surface area contributed by atoms with Gasteiger partial charge in [-0.05, 0) is 38.4 Å². The fourth-order valence-corrected chi connectivity index (χ4v) is 2.12. The first-order chi connectivity index (χ1) is 8.26. The summed E-state index contributed by atoms with van der Waals surface area (Å²) in [5.74, 6) is 0.742. The highest BCUT2D eigenvalue weighted by molar-refractivity contribution is 5.77. The van der Waals surface area contributed by atoms with E-state index in [-0.39, 0.29) is 5.91 Å². The highest BCUT2D eigenvalue weighted by Crippen LogP contribution is 2.15. The molecule has 98 valence electrons. The molecule has 1 rings (SSSR count). The summed E-state index contributed by atoms with van der Waals surface area (Å²) in [6, 6.07) is 0. The van der Waals surface area contributed by atoms with E-state index in [0.29, 0.717) is 19.0 Å². The summed E-state index contributed by atoms with van der Waals surface area (Å²) in [7, 11) is 0. The van der Waals surface area contributed by atoms with Gasteiger partial charge in [-0.15, -0.1) is 6.58 Å². The SMILES string of the molecule is C=CCNCC(=O)NCC1CCN(CC)CC1. The van der Waals surface area contributed by atoms with Gasteiger partial charge in [0, 0.05) is 13.1 Å². The van der Waals surface area contributed by atoms with Crippen LogP contribution in [0, 0.1) is 5.92 Å². The highest BCUT2D eigenvalue weighted by atomic mass is 16.1. The number of nitrogens with one attached hydrogen (secondary N) is 2. The van der Waals surface area contributed by atoms with Crippen molar-refractivity contribution in [2.24, 2.45) is 5.92 Å². The fraction of sp³-hybridized carbons (Fsp3) is 0.769. The van der Waals surface area contributed by atoms with Crippen LogP contribution < -0.4 is 10.6 Å². The molecule has 17 heavy (non-hydrogen) atoms. The first-order valence-electron chi connectivity index (χ1n) is 6.57. The van der Waals surface area contributed by atoms with Crippen molar-refractivity contribution in [3.8, 4) is 0 Å². The van der Waals surface area contributed by atoms with E-state index in [0.717, 1.165) is 13.1 Å². The van der Waals surface area contributed by atoms with Crippen molar-refractivity contribution in [1.29, 1.82) is 0 Å². The van der Waals surface area contributed by atoms with E-state index < -0.39 is 0 Å². The van der Waals surface area contributed by atoms with E-state index in [1.165, 1.54) is 25.9 Å². The molecular weight excluding hydrogens is 214 g/mol. The van der Waals surface area contributed by atoms with Gasteiger partial charge in [-0.2, -0.15) is 0 Å². The van der Waals surface area contributed by atoms with E-state index in [1.807, 2.05) is 0 Å². The maximum atomic E-state index is 11.5. The maximum absolute atomic E-state index is 11.5. The summed E-state index contributed by atoms with van der Waals surface area (Å²) in [6.07, 6.45) is 4.16. The normalized spacial score (nSPS) is 17.9. The lowest BCUT2D eigenvalue weighted by atomic mass is 9.97. The van der Waals surface area contributed by atoms with Gasteiger partial charge in [0.25, 0.3) is 0 Å². The quantitative estimate of drug-likeness (QED) is 0.505. The Morgan fingerprint density at radius 2 is 2.18 bits per heavy atom. The summed E-state index contributed by atoms with van der Waals surface area (Å²) < 4.78 is 0. The van der Waals surface area contributed by atoms with E-state index in [4.69, 9.17) is 0 Å². The second-order valence-corrected chi connectivity index (χ2v) is 4.60. The van der Waals surface area contributed by atoms with Crippen molar-refractivity contribution in [2.75, 3.05) is 39.3 Å². The Morgan fingerprint density at radius 1 is 1.47 bits per heavy atom. The summed E-state index contributed by atoms with van der Waals surface area (Å²) >= 11 is 0. The van der Waals surface area contributed by atoms with Crippen molar-refractivity contribution in [2.45, 2.75) is 19.8 Å². The maximum Gasteiger partial charge on any atom is 0.233 e. The van der Waals surface area contributed by atoms with Crippen molar-refractivity contribution in [1.82, 2.24) is 15.5 Å². The minimum absolute atomic E-state index is 0.0878. The van der Waals surface area contributed by atoms with E-state index in [1.54, 1.807) is 6.08 Å². The minimum atomic E-state index is 0.0878. The molecule has 4 nitrogen and oxygen atoms in total. The second-order valence-electron chi connectivity index (χ2n) is 4.60. The van der Waals surface area contributed by atoms with Crippen LogP contribution in [-0.2, 0) is 4.79 Å². The standard InChI is InChI=1S/C13H25N3O/c1-3-7-14-11-13(17)15-10-12-5-8-16(4-2)9-6-12/h3,12,14H,1,4-11H2,2H3,(H,15,17). The van der Waals surface area contributed by atoms with Crippen molar-refractivity contribution >= 4 is 5.91 Å². The molecule has 0 atom stereocenters. The molecule has 4 heteroatoms. The Kier molecular flexibility index (Phi) is 6.89. The molecule has 1 fully saturated rings. The van der Waals surface area contributed by atoms with Gasteiger partial charge in [0.2, 0.25) is 5.91 Å². The third-order valence-corrected chi connectivity index (χ3v) is 3.32. The van der Waals surface area contributed by atoms with Crippen molar-refractivity contribution in [3.63, 3.8) is 0 Å². The number of piperidine rings is 1. The van der Waals surface area contributed by atoms with Crippen LogP contribution in [0.4, 0.5) is 0 Å². The first-order valence-corrected chi connectivity index (χ1v) is 6.57. The van der Waals surface area contributed by atoms with Crippen LogP contribution in [0.2, 0.25) is 0 Å². The predicted octanol–water partition coefficient (Wildman–Crippen LogP) is 0.610. The second kappa shape index (κ2) is 8.25. The van der Waals surface area contributed by atoms with E-state index >= 15 is 0 Å². The number of rotatable bonds is 7. The lowest BCUT2D eigenvalue weighted by Crippen LogP contribution is -2.40. The lowest BCUT2D eigenvalue weighted by molar-refractivity contribution is -0.120. The number of likely N-dealkylation sites (tertiary alicyclic amines) is 1. The molecule has 0 aliphatic carbocycles. The Labute approximate surface area is 104 Å². The summed E-state index contributed by atoms with van der Waals surface area (Å²) in [4.78, 5) is 13.9. The lowest BCUT2D eigenvalue weighted by Gasteiger charge is -2.31. The van der Waals surface area contributed by atoms with Gasteiger partial charge in [-0.1, -0.05) is 13.0 Å². The molecule has 0 aromatic heterocycles. The molecule has 1 saturated heterocycles. The Morgan fingerprint density at radius 3 is 2.76 bits per heavy atom. The van der Waals surface area contributed by atoms with Crippen LogP contribution in [0.3, 0.4) is 0 Å². The summed E-state index contributed by atoms with van der Waals surface area (Å²) in [5.41, 5.74) is 0. The number of amides is 1. The van der Waals surface area contributed by atoms with Gasteiger partial charge in [0.1, 0.15) is 0 Å². The van der Waals surface area contributed by atoms with Crippen LogP contribution in [0.15, 0.2) is 12.7 Å². The van der Waals surface area contributed by atoms with Gasteiger partial charge in [-0.3, -0.25) is 4.79 Å². The molecule has 0 radical (unpaired) electrons. The molecule has 2 N–H and O–H groups in total. The zero-order valence-electron chi connectivity index (χ0n) is 10.9. The summed E-state index contributed by atoms with van der Waals surface area (Å²) in [5, 5.41) is 5.99. The third kappa shape index (κ3) is 5.84. The smallest absolute Gasteiger partial charge is 0.233 e. The Hall–Kier alpha value is -0.870. The van der Waals surface area contributed by atoms with Crippen molar-refractivity contribution in [3.05, 3.63) is 12.7 Å². The van der Waals surface area contributed by atoms with Crippen LogP contribution in [0.25, 0.3) is 0 Å². The Bertz CT molecular complexity index is 235. The molecule has 1 aliphatic rings. The number of hydrogen-bond donors (Lipinski definition) is 2. The topological polar surface area (TPSA) is 44.4 Å². The van der Waals surface area contributed by atoms with Gasteiger partial charge in [-0.25, -0.2) is 0 Å². The van der Waals surface area contributed by atoms with Crippen LogP contribution >= 0.6 is 0 Å². The number of hydrogen-bond acceptors (Lipinski definition) is 3.